The van der Waals surface area contributed by atoms with Crippen LogP contribution in [0.3, 0.4) is 0 Å². The molecule has 2 N–H and O–H groups in total. The Morgan fingerprint density at radius 1 is 0.939 bits per heavy atom. The molecule has 33 heavy (non-hydrogen) atoms. The third-order valence-corrected chi connectivity index (χ3v) is 5.97. The number of hydrogen-bond acceptors (Lipinski definition) is 6. The van der Waals surface area contributed by atoms with Crippen molar-refractivity contribution in [3.8, 4) is 17.2 Å². The summed E-state index contributed by atoms with van der Waals surface area (Å²) in [5.41, 5.74) is 0.649. The fraction of sp³-hybridized carbons (Fsp3) is 0.208. The molecule has 1 unspecified atom stereocenters. The number of sulfonamides is 1. The first kappa shape index (κ1) is 23.9. The molecule has 3 aromatic carbocycles. The Morgan fingerprint density at radius 3 is 2.24 bits per heavy atom. The third-order valence-electron chi connectivity index (χ3n) is 4.56. The van der Waals surface area contributed by atoms with E-state index in [4.69, 9.17) is 14.2 Å². The number of carbonyl (C=O) groups is 1. The SMILES string of the molecule is CCOc1ccc(NS(=O)(=O)c2cc(NC(=O)C(C)Oc3ccccc3)ccc2OC)cc1. The number of methoxy groups -OCH3 is 1. The molecule has 0 fully saturated rings. The van der Waals surface area contributed by atoms with Crippen molar-refractivity contribution in [1.29, 1.82) is 0 Å². The molecular weight excluding hydrogens is 444 g/mol. The molecule has 0 saturated carbocycles. The first-order valence-electron chi connectivity index (χ1n) is 10.3. The number of nitrogens with one attached hydrogen (secondary N) is 2. The average molecular weight is 471 g/mol. The molecule has 9 heteroatoms. The second-order valence-electron chi connectivity index (χ2n) is 6.99. The van der Waals surface area contributed by atoms with Gasteiger partial charge in [0.1, 0.15) is 22.1 Å². The van der Waals surface area contributed by atoms with Crippen molar-refractivity contribution in [2.45, 2.75) is 24.8 Å². The van der Waals surface area contributed by atoms with Gasteiger partial charge in [0.05, 0.1) is 13.7 Å². The van der Waals surface area contributed by atoms with Crippen LogP contribution < -0.4 is 24.2 Å². The van der Waals surface area contributed by atoms with Gasteiger partial charge in [-0.1, -0.05) is 18.2 Å². The highest BCUT2D eigenvalue weighted by molar-refractivity contribution is 7.92. The maximum Gasteiger partial charge on any atom is 0.265 e. The van der Waals surface area contributed by atoms with E-state index in [2.05, 4.69) is 10.0 Å². The molecule has 0 aliphatic carbocycles. The summed E-state index contributed by atoms with van der Waals surface area (Å²) in [6.45, 7) is 3.98. The molecule has 0 aliphatic heterocycles. The third kappa shape index (κ3) is 6.39. The molecule has 0 spiro atoms. The van der Waals surface area contributed by atoms with Gasteiger partial charge in [0.2, 0.25) is 0 Å². The number of anilines is 2. The topological polar surface area (TPSA) is 103 Å². The lowest BCUT2D eigenvalue weighted by atomic mass is 10.2. The summed E-state index contributed by atoms with van der Waals surface area (Å²) in [6.07, 6.45) is -0.795. The summed E-state index contributed by atoms with van der Waals surface area (Å²) >= 11 is 0. The smallest absolute Gasteiger partial charge is 0.265 e. The molecule has 0 radical (unpaired) electrons. The molecule has 174 valence electrons. The first-order valence-corrected chi connectivity index (χ1v) is 11.8. The van der Waals surface area contributed by atoms with E-state index in [0.29, 0.717) is 23.8 Å². The minimum absolute atomic E-state index is 0.117. The average Bonchev–Trinajstić information content (AvgIpc) is 2.81. The maximum atomic E-state index is 13.0. The molecular formula is C24H26N2O6S. The Labute approximate surface area is 193 Å². The monoisotopic (exact) mass is 470 g/mol. The van der Waals surface area contributed by atoms with Crippen LogP contribution in [0, 0.1) is 0 Å². The van der Waals surface area contributed by atoms with Gasteiger partial charge < -0.3 is 19.5 Å². The van der Waals surface area contributed by atoms with Crippen LogP contribution in [0.25, 0.3) is 0 Å². The molecule has 3 rings (SSSR count). The molecule has 3 aromatic rings. The standard InChI is InChI=1S/C24H26N2O6S/c1-4-31-20-13-10-18(11-14-20)26-33(28,29)23-16-19(12-15-22(23)30-3)25-24(27)17(2)32-21-8-6-5-7-9-21/h5-17,26H,4H2,1-3H3,(H,25,27). The van der Waals surface area contributed by atoms with Gasteiger partial charge in [-0.05, 0) is 68.4 Å². The van der Waals surface area contributed by atoms with Crippen molar-refractivity contribution in [2.24, 2.45) is 0 Å². The highest BCUT2D eigenvalue weighted by atomic mass is 32.2. The van der Waals surface area contributed by atoms with Gasteiger partial charge in [-0.2, -0.15) is 0 Å². The van der Waals surface area contributed by atoms with Crippen LogP contribution in [0.4, 0.5) is 11.4 Å². The largest absolute Gasteiger partial charge is 0.495 e. The zero-order chi connectivity index (χ0) is 23.8. The van der Waals surface area contributed by atoms with Crippen molar-refractivity contribution in [3.63, 3.8) is 0 Å². The zero-order valence-electron chi connectivity index (χ0n) is 18.6. The van der Waals surface area contributed by atoms with Gasteiger partial charge in [0.25, 0.3) is 15.9 Å². The molecule has 0 heterocycles. The number of hydrogen-bond donors (Lipinski definition) is 2. The van der Waals surface area contributed by atoms with Crippen molar-refractivity contribution in [1.82, 2.24) is 0 Å². The highest BCUT2D eigenvalue weighted by Gasteiger charge is 2.22. The lowest BCUT2D eigenvalue weighted by molar-refractivity contribution is -0.122. The van der Waals surface area contributed by atoms with Crippen molar-refractivity contribution >= 4 is 27.3 Å². The molecule has 1 amide bonds. The van der Waals surface area contributed by atoms with E-state index in [9.17, 15) is 13.2 Å². The summed E-state index contributed by atoms with van der Waals surface area (Å²) in [7, 11) is -2.63. The number of rotatable bonds is 10. The molecule has 0 bridgehead atoms. The Bertz CT molecular complexity index is 1180. The van der Waals surface area contributed by atoms with E-state index in [-0.39, 0.29) is 16.3 Å². The van der Waals surface area contributed by atoms with E-state index >= 15 is 0 Å². The number of ether oxygens (including phenoxy) is 3. The second-order valence-corrected chi connectivity index (χ2v) is 8.64. The summed E-state index contributed by atoms with van der Waals surface area (Å²) in [4.78, 5) is 12.4. The summed E-state index contributed by atoms with van der Waals surface area (Å²) in [6, 6.07) is 19.9. The van der Waals surface area contributed by atoms with Crippen LogP contribution in [-0.4, -0.2) is 34.1 Å². The van der Waals surface area contributed by atoms with E-state index in [1.54, 1.807) is 61.5 Å². The lowest BCUT2D eigenvalue weighted by Crippen LogP contribution is -2.30. The van der Waals surface area contributed by atoms with E-state index in [0.717, 1.165) is 0 Å². The minimum atomic E-state index is -4.01. The quantitative estimate of drug-likeness (QED) is 0.458. The predicted octanol–water partition coefficient (Wildman–Crippen LogP) is 4.30. The van der Waals surface area contributed by atoms with Crippen molar-refractivity contribution < 1.29 is 27.4 Å². The molecule has 8 nitrogen and oxygen atoms in total. The summed E-state index contributed by atoms with van der Waals surface area (Å²) in [5.74, 6) is 0.902. The van der Waals surface area contributed by atoms with Crippen molar-refractivity contribution in [2.75, 3.05) is 23.8 Å². The Balaban J connectivity index is 1.77. The van der Waals surface area contributed by atoms with E-state index in [1.165, 1.54) is 19.2 Å². The maximum absolute atomic E-state index is 13.0. The summed E-state index contributed by atoms with van der Waals surface area (Å²) in [5, 5.41) is 2.68. The summed E-state index contributed by atoms with van der Waals surface area (Å²) < 4.78 is 44.8. The van der Waals surface area contributed by atoms with Gasteiger partial charge in [-0.15, -0.1) is 0 Å². The molecule has 0 aromatic heterocycles. The number of amides is 1. The van der Waals surface area contributed by atoms with Crippen LogP contribution in [-0.2, 0) is 14.8 Å². The number of carbonyl (C=O) groups excluding carboxylic acids is 1. The van der Waals surface area contributed by atoms with E-state index < -0.39 is 22.0 Å². The zero-order valence-corrected chi connectivity index (χ0v) is 19.4. The lowest BCUT2D eigenvalue weighted by Gasteiger charge is -2.16. The normalized spacial score (nSPS) is 11.8. The Kier molecular flexibility index (Phi) is 7.78. The van der Waals surface area contributed by atoms with Crippen molar-refractivity contribution in [3.05, 3.63) is 72.8 Å². The van der Waals surface area contributed by atoms with Crippen LogP contribution in [0.5, 0.6) is 17.2 Å². The van der Waals surface area contributed by atoms with Gasteiger partial charge in [-0.25, -0.2) is 8.42 Å². The van der Waals surface area contributed by atoms with Gasteiger partial charge >= 0.3 is 0 Å². The molecule has 0 aliphatic rings. The van der Waals surface area contributed by atoms with E-state index in [1.807, 2.05) is 13.0 Å². The number of para-hydroxylation sites is 1. The van der Waals surface area contributed by atoms with Crippen LogP contribution in [0.15, 0.2) is 77.7 Å². The Hall–Kier alpha value is -3.72. The second kappa shape index (κ2) is 10.7. The highest BCUT2D eigenvalue weighted by Crippen LogP contribution is 2.29. The van der Waals surface area contributed by atoms with Gasteiger partial charge in [-0.3, -0.25) is 9.52 Å². The predicted molar refractivity (Wildman–Crippen MR) is 127 cm³/mol. The van der Waals surface area contributed by atoms with Crippen LogP contribution in [0.2, 0.25) is 0 Å². The molecule has 1 atom stereocenters. The van der Waals surface area contributed by atoms with Crippen LogP contribution in [0.1, 0.15) is 13.8 Å². The number of benzene rings is 3. The Morgan fingerprint density at radius 2 is 1.61 bits per heavy atom. The molecule has 0 saturated heterocycles. The van der Waals surface area contributed by atoms with Crippen LogP contribution >= 0.6 is 0 Å². The fourth-order valence-corrected chi connectivity index (χ4v) is 4.22. The fourth-order valence-electron chi connectivity index (χ4n) is 2.96. The minimum Gasteiger partial charge on any atom is -0.495 e. The van der Waals surface area contributed by atoms with Gasteiger partial charge in [0.15, 0.2) is 6.10 Å². The van der Waals surface area contributed by atoms with Gasteiger partial charge in [0, 0.05) is 11.4 Å². The first-order chi connectivity index (χ1) is 15.8.